The molecule has 1 heteroatoms. The minimum absolute atomic E-state index is 0.0663. The molecule has 0 aliphatic heterocycles. The molecule has 0 amide bonds. The Hall–Kier alpha value is -0.330. The van der Waals surface area contributed by atoms with Gasteiger partial charge in [0.1, 0.15) is 5.78 Å². The van der Waals surface area contributed by atoms with Crippen molar-refractivity contribution in [2.24, 2.45) is 40.4 Å². The molecule has 0 saturated heterocycles. The molecule has 4 rings (SSSR count). The molecule has 4 saturated carbocycles. The van der Waals surface area contributed by atoms with Crippen LogP contribution in [0.25, 0.3) is 0 Å². The third-order valence-electron chi connectivity index (χ3n) is 8.45. The molecular formula is C20H32O. The van der Waals surface area contributed by atoms with Gasteiger partial charge in [-0.1, -0.05) is 27.2 Å². The van der Waals surface area contributed by atoms with Gasteiger partial charge in [-0.05, 0) is 80.0 Å². The molecule has 0 aromatic carbocycles. The van der Waals surface area contributed by atoms with Gasteiger partial charge in [0.25, 0.3) is 0 Å². The number of hydrogen-bond acceptors (Lipinski definition) is 1. The summed E-state index contributed by atoms with van der Waals surface area (Å²) in [5, 5.41) is 0. The van der Waals surface area contributed by atoms with Crippen molar-refractivity contribution in [3.63, 3.8) is 0 Å². The molecule has 0 bridgehead atoms. The average molecular weight is 288 g/mol. The Morgan fingerprint density at radius 1 is 0.905 bits per heavy atom. The van der Waals surface area contributed by atoms with Crippen LogP contribution in [0.5, 0.6) is 0 Å². The molecule has 4 aliphatic rings. The fourth-order valence-corrected chi connectivity index (χ4v) is 7.38. The van der Waals surface area contributed by atoms with Crippen LogP contribution in [0.2, 0.25) is 0 Å². The molecule has 118 valence electrons. The second-order valence-corrected chi connectivity index (χ2v) is 9.54. The normalized spacial score (nSPS) is 56.5. The summed E-state index contributed by atoms with van der Waals surface area (Å²) in [5.74, 6) is 5.04. The maximum atomic E-state index is 12.4. The topological polar surface area (TPSA) is 17.1 Å². The minimum Gasteiger partial charge on any atom is -0.299 e. The Bertz CT molecular complexity index is 455. The number of carbonyl (C=O) groups is 1. The lowest BCUT2D eigenvalue weighted by atomic mass is 9.46. The summed E-state index contributed by atoms with van der Waals surface area (Å²) >= 11 is 0. The lowest BCUT2D eigenvalue weighted by Crippen LogP contribution is -2.51. The van der Waals surface area contributed by atoms with Crippen LogP contribution in [0.1, 0.15) is 78.6 Å². The predicted octanol–water partition coefficient (Wildman–Crippen LogP) is 5.23. The van der Waals surface area contributed by atoms with Crippen LogP contribution in [0.4, 0.5) is 0 Å². The summed E-state index contributed by atoms with van der Waals surface area (Å²) in [6.45, 7) is 7.36. The first-order valence-electron chi connectivity index (χ1n) is 9.47. The van der Waals surface area contributed by atoms with E-state index in [0.717, 1.165) is 36.0 Å². The van der Waals surface area contributed by atoms with Crippen LogP contribution in [0.3, 0.4) is 0 Å². The summed E-state index contributed by atoms with van der Waals surface area (Å²) < 4.78 is 0. The molecule has 0 radical (unpaired) electrons. The van der Waals surface area contributed by atoms with Crippen LogP contribution >= 0.6 is 0 Å². The summed E-state index contributed by atoms with van der Waals surface area (Å²) in [5.41, 5.74) is 0.687. The third-order valence-corrected chi connectivity index (χ3v) is 8.45. The second kappa shape index (κ2) is 4.59. The lowest BCUT2D eigenvalue weighted by molar-refractivity contribution is -0.136. The van der Waals surface area contributed by atoms with Gasteiger partial charge >= 0.3 is 0 Å². The van der Waals surface area contributed by atoms with Crippen molar-refractivity contribution in [2.75, 3.05) is 0 Å². The molecule has 0 heterocycles. The van der Waals surface area contributed by atoms with E-state index in [1.807, 2.05) is 0 Å². The first-order chi connectivity index (χ1) is 9.94. The molecule has 0 spiro atoms. The number of hydrogen-bond donors (Lipinski definition) is 0. The second-order valence-electron chi connectivity index (χ2n) is 9.54. The van der Waals surface area contributed by atoms with Crippen molar-refractivity contribution in [1.29, 1.82) is 0 Å². The fraction of sp³-hybridized carbons (Fsp3) is 0.950. The van der Waals surface area contributed by atoms with Crippen LogP contribution in [0.15, 0.2) is 0 Å². The summed E-state index contributed by atoms with van der Waals surface area (Å²) in [6.07, 6.45) is 11.8. The zero-order chi connectivity index (χ0) is 14.8. The molecule has 0 aromatic heterocycles. The van der Waals surface area contributed by atoms with Gasteiger partial charge in [-0.15, -0.1) is 0 Å². The highest BCUT2D eigenvalue weighted by Gasteiger charge is 2.58. The van der Waals surface area contributed by atoms with Crippen molar-refractivity contribution >= 4 is 5.78 Å². The van der Waals surface area contributed by atoms with E-state index in [0.29, 0.717) is 11.2 Å². The van der Waals surface area contributed by atoms with Crippen LogP contribution in [-0.4, -0.2) is 5.78 Å². The van der Waals surface area contributed by atoms with E-state index in [-0.39, 0.29) is 5.41 Å². The van der Waals surface area contributed by atoms with E-state index in [1.54, 1.807) is 0 Å². The van der Waals surface area contributed by atoms with E-state index >= 15 is 0 Å². The molecule has 7 atom stereocenters. The Labute approximate surface area is 130 Å². The molecular weight excluding hydrogens is 256 g/mol. The van der Waals surface area contributed by atoms with Gasteiger partial charge in [0, 0.05) is 11.8 Å². The zero-order valence-corrected chi connectivity index (χ0v) is 14.2. The number of Topliss-reactive ketones (excluding diaryl/α,β-unsaturated/α-hetero) is 1. The highest BCUT2D eigenvalue weighted by molar-refractivity contribution is 5.87. The molecule has 4 fully saturated rings. The van der Waals surface area contributed by atoms with Crippen molar-refractivity contribution in [3.05, 3.63) is 0 Å². The van der Waals surface area contributed by atoms with E-state index < -0.39 is 0 Å². The van der Waals surface area contributed by atoms with Crippen molar-refractivity contribution in [2.45, 2.75) is 78.6 Å². The molecule has 4 unspecified atom stereocenters. The largest absolute Gasteiger partial charge is 0.299 e. The van der Waals surface area contributed by atoms with Gasteiger partial charge in [0.15, 0.2) is 0 Å². The van der Waals surface area contributed by atoms with Crippen molar-refractivity contribution in [3.8, 4) is 0 Å². The molecule has 0 aromatic rings. The molecule has 21 heavy (non-hydrogen) atoms. The predicted molar refractivity (Wildman–Crippen MR) is 85.9 cm³/mol. The maximum absolute atomic E-state index is 12.4. The highest BCUT2D eigenvalue weighted by Crippen LogP contribution is 2.64. The standard InChI is InChI=1S/C20H32O/c1-13-4-5-16-14-9-11-20(3)17(6-7-18(20)21)15(14)8-10-19(16,2)12-13/h13-17H,4-12H2,1-3H3/t13?,14?,15-,16?,17?,19-,20+/m1/s1. The smallest absolute Gasteiger partial charge is 0.139 e. The minimum atomic E-state index is 0.0663. The average Bonchev–Trinajstić information content (AvgIpc) is 2.73. The fourth-order valence-electron chi connectivity index (χ4n) is 7.38. The number of ketones is 1. The number of carbonyl (C=O) groups excluding carboxylic acids is 1. The lowest BCUT2D eigenvalue weighted by Gasteiger charge is -2.59. The molecule has 1 nitrogen and oxygen atoms in total. The summed E-state index contributed by atoms with van der Waals surface area (Å²) in [4.78, 5) is 12.4. The van der Waals surface area contributed by atoms with E-state index in [1.165, 1.54) is 51.4 Å². The monoisotopic (exact) mass is 288 g/mol. The first kappa shape index (κ1) is 14.3. The van der Waals surface area contributed by atoms with E-state index in [2.05, 4.69) is 20.8 Å². The van der Waals surface area contributed by atoms with E-state index in [4.69, 9.17) is 0 Å². The number of fused-ring (bicyclic) bond motifs is 5. The van der Waals surface area contributed by atoms with Gasteiger partial charge in [-0.25, -0.2) is 0 Å². The number of rotatable bonds is 0. The zero-order valence-electron chi connectivity index (χ0n) is 14.2. The summed E-state index contributed by atoms with van der Waals surface area (Å²) in [7, 11) is 0. The highest BCUT2D eigenvalue weighted by atomic mass is 16.1. The van der Waals surface area contributed by atoms with Crippen molar-refractivity contribution < 1.29 is 4.79 Å². The van der Waals surface area contributed by atoms with Gasteiger partial charge in [-0.2, -0.15) is 0 Å². The quantitative estimate of drug-likeness (QED) is 0.596. The van der Waals surface area contributed by atoms with Gasteiger partial charge in [0.05, 0.1) is 0 Å². The Morgan fingerprint density at radius 2 is 1.62 bits per heavy atom. The van der Waals surface area contributed by atoms with E-state index in [9.17, 15) is 4.79 Å². The van der Waals surface area contributed by atoms with Gasteiger partial charge < -0.3 is 0 Å². The molecule has 0 N–H and O–H groups in total. The van der Waals surface area contributed by atoms with Crippen LogP contribution in [-0.2, 0) is 4.79 Å². The Balaban J connectivity index is 1.62. The molecule has 4 aliphatic carbocycles. The maximum Gasteiger partial charge on any atom is 0.139 e. The SMILES string of the molecule is CC1CCC2C3CC[C@]4(C)C(=O)CCC4[C@@H]3CC[C@]2(C)C1. The summed E-state index contributed by atoms with van der Waals surface area (Å²) in [6, 6.07) is 0. The third kappa shape index (κ3) is 1.91. The van der Waals surface area contributed by atoms with Gasteiger partial charge in [-0.3, -0.25) is 4.79 Å². The van der Waals surface area contributed by atoms with Crippen LogP contribution in [0, 0.1) is 40.4 Å². The van der Waals surface area contributed by atoms with Gasteiger partial charge in [0.2, 0.25) is 0 Å². The first-order valence-corrected chi connectivity index (χ1v) is 9.47. The Kier molecular flexibility index (Phi) is 3.12. The van der Waals surface area contributed by atoms with Crippen molar-refractivity contribution in [1.82, 2.24) is 0 Å². The Morgan fingerprint density at radius 3 is 2.43 bits per heavy atom. The van der Waals surface area contributed by atoms with Crippen LogP contribution < -0.4 is 0 Å².